The molecule has 0 aromatic heterocycles. The predicted octanol–water partition coefficient (Wildman–Crippen LogP) is 2.97. The highest BCUT2D eigenvalue weighted by molar-refractivity contribution is 5.25. The average Bonchev–Trinajstić information content (AvgIpc) is 2.22. The van der Waals surface area contributed by atoms with Gasteiger partial charge in [0.25, 0.3) is 0 Å². The maximum absolute atomic E-state index is 13.3. The van der Waals surface area contributed by atoms with Crippen molar-refractivity contribution in [2.45, 2.75) is 32.3 Å². The molecule has 1 atom stereocenters. The first-order valence-electron chi connectivity index (χ1n) is 5.02. The van der Waals surface area contributed by atoms with E-state index in [0.717, 1.165) is 5.56 Å². The lowest BCUT2D eigenvalue weighted by molar-refractivity contribution is 0.160. The van der Waals surface area contributed by atoms with Crippen molar-refractivity contribution in [3.63, 3.8) is 0 Å². The molecule has 1 aromatic carbocycles. The third-order valence-electron chi connectivity index (χ3n) is 2.31. The number of terminal acetylenes is 1. The van der Waals surface area contributed by atoms with Crippen LogP contribution in [-0.4, -0.2) is 5.11 Å². The van der Waals surface area contributed by atoms with Gasteiger partial charge in [-0.15, -0.1) is 12.3 Å². The fraction of sp³-hybridized carbons (Fsp3) is 0.385. The number of aliphatic hydroxyl groups excluding tert-OH is 1. The van der Waals surface area contributed by atoms with Gasteiger partial charge in [0, 0.05) is 12.0 Å². The molecule has 1 nitrogen and oxygen atoms in total. The van der Waals surface area contributed by atoms with Gasteiger partial charge in [-0.05, 0) is 25.8 Å². The quantitative estimate of drug-likeness (QED) is 0.593. The van der Waals surface area contributed by atoms with Crippen LogP contribution in [0, 0.1) is 25.1 Å². The van der Waals surface area contributed by atoms with Gasteiger partial charge in [-0.1, -0.05) is 17.7 Å². The van der Waals surface area contributed by atoms with E-state index in [4.69, 9.17) is 6.42 Å². The maximum Gasteiger partial charge on any atom is 0.129 e. The van der Waals surface area contributed by atoms with Crippen LogP contribution in [0.5, 0.6) is 0 Å². The summed E-state index contributed by atoms with van der Waals surface area (Å²) in [5.41, 5.74) is 1.31. The van der Waals surface area contributed by atoms with Crippen LogP contribution < -0.4 is 0 Å². The van der Waals surface area contributed by atoms with Crippen molar-refractivity contribution in [2.75, 3.05) is 0 Å². The minimum atomic E-state index is -0.752. The minimum Gasteiger partial charge on any atom is -0.388 e. The first-order valence-corrected chi connectivity index (χ1v) is 5.02. The van der Waals surface area contributed by atoms with Crippen LogP contribution in [0.25, 0.3) is 0 Å². The Morgan fingerprint density at radius 3 is 2.93 bits per heavy atom. The van der Waals surface area contributed by atoms with Crippen molar-refractivity contribution < 1.29 is 9.50 Å². The van der Waals surface area contributed by atoms with Gasteiger partial charge >= 0.3 is 0 Å². The van der Waals surface area contributed by atoms with E-state index in [1.165, 1.54) is 6.07 Å². The highest BCUT2D eigenvalue weighted by Crippen LogP contribution is 2.22. The molecule has 0 bridgehead atoms. The fourth-order valence-electron chi connectivity index (χ4n) is 1.47. The second-order valence-electron chi connectivity index (χ2n) is 3.64. The van der Waals surface area contributed by atoms with Crippen LogP contribution in [-0.2, 0) is 0 Å². The Balaban J connectivity index is 2.69. The molecule has 0 saturated carbocycles. The molecule has 15 heavy (non-hydrogen) atoms. The number of aliphatic hydroxyl groups is 1. The Morgan fingerprint density at radius 1 is 1.53 bits per heavy atom. The lowest BCUT2D eigenvalue weighted by atomic mass is 10.0. The number of rotatable bonds is 4. The number of hydrogen-bond donors (Lipinski definition) is 1. The fourth-order valence-corrected chi connectivity index (χ4v) is 1.47. The summed E-state index contributed by atoms with van der Waals surface area (Å²) in [6, 6.07) is 4.75. The molecule has 0 spiro atoms. The minimum absolute atomic E-state index is 0.353. The van der Waals surface area contributed by atoms with Crippen LogP contribution in [0.3, 0.4) is 0 Å². The zero-order valence-corrected chi connectivity index (χ0v) is 8.83. The standard InChI is InChI=1S/C13H15FO/c1-3-4-5-6-13(15)11-9-10(2)7-8-12(11)14/h1,7-9,13,15H,4-6H2,2H3. The molecular formula is C13H15FO. The van der Waals surface area contributed by atoms with E-state index >= 15 is 0 Å². The predicted molar refractivity (Wildman–Crippen MR) is 58.8 cm³/mol. The molecule has 2 heteroatoms. The van der Waals surface area contributed by atoms with Crippen LogP contribution in [0.1, 0.15) is 36.5 Å². The normalized spacial score (nSPS) is 12.1. The summed E-state index contributed by atoms with van der Waals surface area (Å²) in [7, 11) is 0. The molecular weight excluding hydrogens is 191 g/mol. The van der Waals surface area contributed by atoms with Crippen molar-refractivity contribution in [1.29, 1.82) is 0 Å². The number of halogens is 1. The third kappa shape index (κ3) is 3.38. The molecule has 0 fully saturated rings. The molecule has 0 aliphatic carbocycles. The first kappa shape index (κ1) is 11.7. The summed E-state index contributed by atoms with van der Waals surface area (Å²) in [6.45, 7) is 1.87. The number of aryl methyl sites for hydroxylation is 1. The Labute approximate surface area is 89.9 Å². The highest BCUT2D eigenvalue weighted by Gasteiger charge is 2.12. The van der Waals surface area contributed by atoms with E-state index in [2.05, 4.69) is 5.92 Å². The van der Waals surface area contributed by atoms with Gasteiger partial charge in [0.1, 0.15) is 5.82 Å². The van der Waals surface area contributed by atoms with Gasteiger partial charge in [-0.2, -0.15) is 0 Å². The van der Waals surface area contributed by atoms with Crippen molar-refractivity contribution in [3.8, 4) is 12.3 Å². The summed E-state index contributed by atoms with van der Waals surface area (Å²) in [5, 5.41) is 9.74. The van der Waals surface area contributed by atoms with E-state index in [1.807, 2.05) is 6.92 Å². The second kappa shape index (κ2) is 5.53. The van der Waals surface area contributed by atoms with Crippen LogP contribution in [0.2, 0.25) is 0 Å². The Morgan fingerprint density at radius 2 is 2.27 bits per heavy atom. The van der Waals surface area contributed by atoms with Gasteiger partial charge in [0.05, 0.1) is 6.10 Å². The smallest absolute Gasteiger partial charge is 0.129 e. The molecule has 0 heterocycles. The molecule has 0 saturated heterocycles. The van der Waals surface area contributed by atoms with Crippen molar-refractivity contribution in [2.24, 2.45) is 0 Å². The van der Waals surface area contributed by atoms with Gasteiger partial charge in [0.15, 0.2) is 0 Å². The zero-order valence-electron chi connectivity index (χ0n) is 8.83. The molecule has 1 N–H and O–H groups in total. The van der Waals surface area contributed by atoms with E-state index in [1.54, 1.807) is 12.1 Å². The molecule has 0 aliphatic heterocycles. The molecule has 1 rings (SSSR count). The van der Waals surface area contributed by atoms with Crippen molar-refractivity contribution >= 4 is 0 Å². The van der Waals surface area contributed by atoms with Crippen molar-refractivity contribution in [3.05, 3.63) is 35.1 Å². The summed E-state index contributed by atoms with van der Waals surface area (Å²) < 4.78 is 13.3. The molecule has 1 unspecified atom stereocenters. The second-order valence-corrected chi connectivity index (χ2v) is 3.64. The largest absolute Gasteiger partial charge is 0.388 e. The monoisotopic (exact) mass is 206 g/mol. The molecule has 0 radical (unpaired) electrons. The van der Waals surface area contributed by atoms with E-state index in [9.17, 15) is 9.50 Å². The highest BCUT2D eigenvalue weighted by atomic mass is 19.1. The summed E-state index contributed by atoms with van der Waals surface area (Å²) in [6.07, 6.45) is 6.18. The Kier molecular flexibility index (Phi) is 4.33. The van der Waals surface area contributed by atoms with Gasteiger partial charge in [-0.3, -0.25) is 0 Å². The van der Waals surface area contributed by atoms with E-state index in [0.29, 0.717) is 24.8 Å². The first-order chi connectivity index (χ1) is 7.15. The SMILES string of the molecule is C#CCCCC(O)c1cc(C)ccc1F. The molecule has 80 valence electrons. The van der Waals surface area contributed by atoms with E-state index in [-0.39, 0.29) is 5.82 Å². The molecule has 0 amide bonds. The molecule has 1 aromatic rings. The average molecular weight is 206 g/mol. The Bertz CT molecular complexity index is 365. The maximum atomic E-state index is 13.3. The van der Waals surface area contributed by atoms with Crippen LogP contribution in [0.4, 0.5) is 4.39 Å². The van der Waals surface area contributed by atoms with Gasteiger partial charge in [0.2, 0.25) is 0 Å². The van der Waals surface area contributed by atoms with Crippen LogP contribution in [0.15, 0.2) is 18.2 Å². The summed E-state index contributed by atoms with van der Waals surface area (Å²) >= 11 is 0. The van der Waals surface area contributed by atoms with Crippen molar-refractivity contribution in [1.82, 2.24) is 0 Å². The summed E-state index contributed by atoms with van der Waals surface area (Å²) in [4.78, 5) is 0. The third-order valence-corrected chi connectivity index (χ3v) is 2.31. The Hall–Kier alpha value is -1.33. The van der Waals surface area contributed by atoms with Gasteiger partial charge < -0.3 is 5.11 Å². The van der Waals surface area contributed by atoms with Gasteiger partial charge in [-0.25, -0.2) is 4.39 Å². The number of hydrogen-bond acceptors (Lipinski definition) is 1. The zero-order chi connectivity index (χ0) is 11.3. The number of benzene rings is 1. The van der Waals surface area contributed by atoms with Crippen LogP contribution >= 0.6 is 0 Å². The summed E-state index contributed by atoms with van der Waals surface area (Å²) in [5.74, 6) is 2.14. The molecule has 0 aliphatic rings. The number of unbranched alkanes of at least 4 members (excludes halogenated alkanes) is 1. The topological polar surface area (TPSA) is 20.2 Å². The van der Waals surface area contributed by atoms with E-state index < -0.39 is 6.10 Å². The lowest BCUT2D eigenvalue weighted by Crippen LogP contribution is -2.01. The lowest BCUT2D eigenvalue weighted by Gasteiger charge is -2.11.